The number of halogens is 1. The van der Waals surface area contributed by atoms with Gasteiger partial charge in [0, 0.05) is 10.3 Å². The Bertz CT molecular complexity index is 1040. The van der Waals surface area contributed by atoms with E-state index >= 15 is 0 Å². The summed E-state index contributed by atoms with van der Waals surface area (Å²) >= 11 is 5.38. The van der Waals surface area contributed by atoms with Crippen LogP contribution in [0.4, 0.5) is 5.95 Å². The Labute approximate surface area is 148 Å². The van der Waals surface area contributed by atoms with E-state index in [2.05, 4.69) is 30.9 Å². The molecule has 0 radical (unpaired) electrons. The molecule has 2 aromatic heterocycles. The molecule has 0 bridgehead atoms. The lowest BCUT2D eigenvalue weighted by Crippen LogP contribution is -2.51. The first-order chi connectivity index (χ1) is 12.3. The minimum atomic E-state index is -2.44. The van der Waals surface area contributed by atoms with Crippen LogP contribution in [-0.4, -0.2) is 58.9 Å². The first kappa shape index (κ1) is 18.0. The molecule has 3 heterocycles. The second-order valence-electron chi connectivity index (χ2n) is 5.39. The fraction of sp³-hybridized carbons (Fsp3) is 0.417. The van der Waals surface area contributed by atoms with Crippen LogP contribution in [0.25, 0.3) is 21.6 Å². The Morgan fingerprint density at radius 1 is 1.65 bits per heavy atom. The molecule has 0 spiro atoms. The van der Waals surface area contributed by atoms with Crippen molar-refractivity contribution in [1.82, 2.24) is 19.5 Å². The highest BCUT2D eigenvalue weighted by Crippen LogP contribution is 2.45. The topological polar surface area (TPSA) is 208 Å². The number of nitrogens with one attached hydrogen (secondary N) is 1. The van der Waals surface area contributed by atoms with Crippen LogP contribution in [0.1, 0.15) is 6.23 Å². The van der Waals surface area contributed by atoms with E-state index in [0.29, 0.717) is 0 Å². The molecule has 2 aromatic rings. The lowest BCUT2D eigenvalue weighted by atomic mass is 9.92. The van der Waals surface area contributed by atoms with Gasteiger partial charge in [-0.2, -0.15) is 4.98 Å². The SMILES string of the molecule is [N-]=[N+]=N[C@]1(CO)O[C@@H](n2cnc3c(=O)[nH]c(N)nc32)[C@@](O)(C#CCl)[C@@H]1O. The van der Waals surface area contributed by atoms with Gasteiger partial charge in [-0.15, -0.1) is 0 Å². The van der Waals surface area contributed by atoms with Crippen molar-refractivity contribution < 1.29 is 20.1 Å². The van der Waals surface area contributed by atoms with E-state index in [0.717, 1.165) is 10.9 Å². The number of rotatable bonds is 3. The molecule has 0 amide bonds. The predicted molar refractivity (Wildman–Crippen MR) is 86.2 cm³/mol. The minimum Gasteiger partial charge on any atom is -0.393 e. The summed E-state index contributed by atoms with van der Waals surface area (Å²) in [5.41, 5.74) is 8.64. The maximum Gasteiger partial charge on any atom is 0.280 e. The standard InChI is InChI=1S/C12H11ClN8O5/c13-2-1-11(25)8(24)12(3-22,19-20-15)26-9(11)21-4-16-5-6(21)17-10(14)18-7(5)23/h4,8-9,22,24-25H,3H2,(H3,14,17,18,23)/t8-,9+,11+,12+/m0/s1. The Morgan fingerprint density at radius 2 is 2.38 bits per heavy atom. The van der Waals surface area contributed by atoms with Gasteiger partial charge >= 0.3 is 0 Å². The van der Waals surface area contributed by atoms with Crippen LogP contribution in [0, 0.1) is 11.3 Å². The summed E-state index contributed by atoms with van der Waals surface area (Å²) < 4.78 is 6.50. The van der Waals surface area contributed by atoms with E-state index in [1.807, 2.05) is 5.38 Å². The van der Waals surface area contributed by atoms with Gasteiger partial charge in [0.05, 0.1) is 12.9 Å². The number of aromatic nitrogens is 4. The molecule has 1 saturated heterocycles. The molecule has 136 valence electrons. The monoisotopic (exact) mass is 382 g/mol. The van der Waals surface area contributed by atoms with Gasteiger partial charge in [-0.1, -0.05) is 5.11 Å². The van der Waals surface area contributed by atoms with Gasteiger partial charge in [0.1, 0.15) is 6.10 Å². The molecule has 0 aliphatic carbocycles. The summed E-state index contributed by atoms with van der Waals surface area (Å²) in [7, 11) is 0. The molecule has 3 rings (SSSR count). The normalized spacial score (nSPS) is 30.6. The number of aromatic amines is 1. The number of aliphatic hydroxyl groups is 3. The van der Waals surface area contributed by atoms with Crippen molar-refractivity contribution >= 4 is 28.7 Å². The molecule has 0 unspecified atom stereocenters. The zero-order valence-electron chi connectivity index (χ0n) is 12.7. The summed E-state index contributed by atoms with van der Waals surface area (Å²) in [6.07, 6.45) is -2.52. The third-order valence-electron chi connectivity index (χ3n) is 3.93. The third-order valence-corrected chi connectivity index (χ3v) is 4.02. The maximum absolute atomic E-state index is 11.9. The van der Waals surface area contributed by atoms with Gasteiger partial charge < -0.3 is 25.8 Å². The van der Waals surface area contributed by atoms with Gasteiger partial charge in [0.2, 0.25) is 17.3 Å². The highest BCUT2D eigenvalue weighted by molar-refractivity contribution is 6.30. The smallest absolute Gasteiger partial charge is 0.280 e. The van der Waals surface area contributed by atoms with Crippen molar-refractivity contribution in [2.24, 2.45) is 5.11 Å². The van der Waals surface area contributed by atoms with Gasteiger partial charge in [-0.3, -0.25) is 14.3 Å². The first-order valence-electron chi connectivity index (χ1n) is 6.93. The predicted octanol–water partition coefficient (Wildman–Crippen LogP) is -1.48. The summed E-state index contributed by atoms with van der Waals surface area (Å²) in [6, 6.07) is 0. The number of hydrogen-bond donors (Lipinski definition) is 5. The van der Waals surface area contributed by atoms with Gasteiger partial charge in [-0.25, -0.2) is 4.98 Å². The molecule has 0 aromatic carbocycles. The molecule has 6 N–H and O–H groups in total. The van der Waals surface area contributed by atoms with Crippen molar-refractivity contribution in [2.45, 2.75) is 23.7 Å². The summed E-state index contributed by atoms with van der Waals surface area (Å²) in [5, 5.41) is 36.1. The number of nitrogen functional groups attached to an aromatic ring is 1. The Morgan fingerprint density at radius 3 is 3.00 bits per heavy atom. The Kier molecular flexibility index (Phi) is 4.24. The number of aliphatic hydroxyl groups excluding tert-OH is 2. The summed E-state index contributed by atoms with van der Waals surface area (Å²) in [6.45, 7) is -0.982. The molecule has 0 saturated carbocycles. The van der Waals surface area contributed by atoms with Crippen molar-refractivity contribution in [3.05, 3.63) is 27.1 Å². The van der Waals surface area contributed by atoms with Crippen molar-refractivity contribution in [3.8, 4) is 11.3 Å². The van der Waals surface area contributed by atoms with E-state index in [-0.39, 0.29) is 17.1 Å². The number of ether oxygens (including phenoxy) is 1. The summed E-state index contributed by atoms with van der Waals surface area (Å²) in [5.74, 6) is 1.92. The Balaban J connectivity index is 2.27. The highest BCUT2D eigenvalue weighted by atomic mass is 35.5. The fourth-order valence-corrected chi connectivity index (χ4v) is 2.88. The van der Waals surface area contributed by atoms with E-state index < -0.39 is 35.8 Å². The zero-order valence-corrected chi connectivity index (χ0v) is 13.5. The second kappa shape index (κ2) is 6.15. The van der Waals surface area contributed by atoms with Crippen molar-refractivity contribution in [2.75, 3.05) is 12.3 Å². The van der Waals surface area contributed by atoms with Crippen molar-refractivity contribution in [3.63, 3.8) is 0 Å². The second-order valence-corrected chi connectivity index (χ2v) is 5.57. The molecule has 26 heavy (non-hydrogen) atoms. The zero-order chi connectivity index (χ0) is 19.1. The molecular weight excluding hydrogens is 372 g/mol. The van der Waals surface area contributed by atoms with Crippen LogP contribution >= 0.6 is 11.6 Å². The van der Waals surface area contributed by atoms with Crippen LogP contribution in [0.5, 0.6) is 0 Å². The quantitative estimate of drug-likeness (QED) is 0.182. The number of H-pyrrole nitrogens is 1. The largest absolute Gasteiger partial charge is 0.393 e. The van der Waals surface area contributed by atoms with Crippen LogP contribution < -0.4 is 11.3 Å². The molecule has 13 nitrogen and oxygen atoms in total. The molecule has 1 aliphatic heterocycles. The Hall–Kier alpha value is -2.85. The highest BCUT2D eigenvalue weighted by Gasteiger charge is 2.64. The number of anilines is 1. The van der Waals surface area contributed by atoms with E-state index in [4.69, 9.17) is 27.6 Å². The van der Waals surface area contributed by atoms with Crippen LogP contribution in [-0.2, 0) is 4.74 Å². The van der Waals surface area contributed by atoms with Gasteiger partial charge in [-0.05, 0) is 23.1 Å². The molecule has 4 atom stereocenters. The van der Waals surface area contributed by atoms with Gasteiger partial charge in [0.15, 0.2) is 17.4 Å². The lowest BCUT2D eigenvalue weighted by molar-refractivity contribution is -0.124. The average molecular weight is 383 g/mol. The number of azide groups is 1. The number of nitrogens with two attached hydrogens (primary N) is 1. The number of hydrogen-bond acceptors (Lipinski definition) is 9. The molecule has 1 aliphatic rings. The minimum absolute atomic E-state index is 0.104. The van der Waals surface area contributed by atoms with E-state index in [9.17, 15) is 20.1 Å². The third kappa shape index (κ3) is 2.37. The van der Waals surface area contributed by atoms with Crippen LogP contribution in [0.15, 0.2) is 16.2 Å². The average Bonchev–Trinajstić information content (AvgIpc) is 3.09. The lowest BCUT2D eigenvalue weighted by Gasteiger charge is -2.27. The van der Waals surface area contributed by atoms with Crippen molar-refractivity contribution in [1.29, 1.82) is 0 Å². The van der Waals surface area contributed by atoms with E-state index in [1.54, 1.807) is 0 Å². The molecule has 1 fully saturated rings. The summed E-state index contributed by atoms with van der Waals surface area (Å²) in [4.78, 5) is 24.4. The number of fused-ring (bicyclic) bond motifs is 1. The van der Waals surface area contributed by atoms with Crippen LogP contribution in [0.3, 0.4) is 0 Å². The first-order valence-corrected chi connectivity index (χ1v) is 7.31. The molecular formula is C12H11ClN8O5. The van der Waals surface area contributed by atoms with Gasteiger partial charge in [0.25, 0.3) is 5.56 Å². The molecule has 14 heteroatoms. The number of nitrogens with zero attached hydrogens (tertiary/aromatic N) is 6. The van der Waals surface area contributed by atoms with Crippen LogP contribution in [0.2, 0.25) is 0 Å². The maximum atomic E-state index is 11.9. The number of imidazole rings is 1. The van der Waals surface area contributed by atoms with E-state index in [1.165, 1.54) is 0 Å². The fourth-order valence-electron chi connectivity index (χ4n) is 2.73.